The van der Waals surface area contributed by atoms with Crippen LogP contribution in [0.5, 0.6) is 0 Å². The van der Waals surface area contributed by atoms with Gasteiger partial charge in [-0.05, 0) is 41.8 Å². The fourth-order valence-corrected chi connectivity index (χ4v) is 4.53. The van der Waals surface area contributed by atoms with Crippen LogP contribution in [0.4, 0.5) is 0 Å². The molecular formula is C17H13BrClNO2S2. The maximum Gasteiger partial charge on any atom is 0.252 e. The molecule has 0 radical (unpaired) electrons. The third-order valence-electron chi connectivity index (χ3n) is 3.35. The largest absolute Gasteiger partial charge is 0.386 e. The van der Waals surface area contributed by atoms with E-state index in [-0.39, 0.29) is 12.5 Å². The lowest BCUT2D eigenvalue weighted by Gasteiger charge is -2.11. The number of amides is 1. The first-order valence-electron chi connectivity index (χ1n) is 7.09. The average Bonchev–Trinajstić information content (AvgIpc) is 3.25. The molecule has 1 unspecified atom stereocenters. The minimum Gasteiger partial charge on any atom is -0.386 e. The van der Waals surface area contributed by atoms with Crippen molar-refractivity contribution in [3.05, 3.63) is 67.8 Å². The second kappa shape index (κ2) is 7.80. The predicted molar refractivity (Wildman–Crippen MR) is 104 cm³/mol. The maximum absolute atomic E-state index is 12.2. The number of carbonyl (C=O) groups is 1. The van der Waals surface area contributed by atoms with Crippen molar-refractivity contribution >= 4 is 56.1 Å². The molecule has 0 saturated heterocycles. The third kappa shape index (κ3) is 4.07. The van der Waals surface area contributed by atoms with E-state index in [0.717, 1.165) is 14.2 Å². The number of carbonyl (C=O) groups excluding carboxylic acids is 1. The lowest BCUT2D eigenvalue weighted by Crippen LogP contribution is -2.28. The number of rotatable bonds is 5. The first kappa shape index (κ1) is 17.6. The van der Waals surface area contributed by atoms with Crippen molar-refractivity contribution in [1.82, 2.24) is 5.32 Å². The highest BCUT2D eigenvalue weighted by atomic mass is 79.9. The lowest BCUT2D eigenvalue weighted by molar-refractivity contribution is 0.0918. The fourth-order valence-electron chi connectivity index (χ4n) is 2.14. The predicted octanol–water partition coefficient (Wildman–Crippen LogP) is 5.36. The second-order valence-electron chi connectivity index (χ2n) is 5.03. The van der Waals surface area contributed by atoms with Crippen LogP contribution >= 0.6 is 50.2 Å². The summed E-state index contributed by atoms with van der Waals surface area (Å²) in [5, 5.41) is 15.4. The number of aliphatic hydroxyl groups is 1. The molecule has 2 N–H and O–H groups in total. The van der Waals surface area contributed by atoms with E-state index in [4.69, 9.17) is 11.6 Å². The molecule has 2 aromatic heterocycles. The highest BCUT2D eigenvalue weighted by Gasteiger charge is 2.15. The molecule has 0 aliphatic rings. The summed E-state index contributed by atoms with van der Waals surface area (Å²) in [7, 11) is 0. The zero-order chi connectivity index (χ0) is 17.1. The van der Waals surface area contributed by atoms with Crippen molar-refractivity contribution in [2.24, 2.45) is 0 Å². The van der Waals surface area contributed by atoms with Crippen LogP contribution in [-0.2, 0) is 0 Å². The van der Waals surface area contributed by atoms with E-state index in [0.29, 0.717) is 10.6 Å². The average molecular weight is 443 g/mol. The van der Waals surface area contributed by atoms with Gasteiger partial charge in [-0.15, -0.1) is 22.7 Å². The van der Waals surface area contributed by atoms with Crippen LogP contribution in [-0.4, -0.2) is 17.6 Å². The molecule has 1 aromatic carbocycles. The Morgan fingerprint density at radius 1 is 1.25 bits per heavy atom. The first-order valence-corrected chi connectivity index (χ1v) is 9.96. The van der Waals surface area contributed by atoms with Crippen LogP contribution in [0.2, 0.25) is 5.02 Å². The Balaban J connectivity index is 1.64. The van der Waals surface area contributed by atoms with Crippen molar-refractivity contribution in [2.75, 3.05) is 6.54 Å². The molecule has 0 spiro atoms. The minimum absolute atomic E-state index is 0.131. The Kier molecular flexibility index (Phi) is 5.73. The number of thiophene rings is 2. The van der Waals surface area contributed by atoms with E-state index in [1.165, 1.54) is 16.2 Å². The number of aliphatic hydroxyl groups excluding tert-OH is 1. The standard InChI is InChI=1S/C17H13BrClNO2S2/c18-10-3-4-12(19)11(8-10)17(22)20-9-13(21)14-5-6-16(24-14)15-2-1-7-23-15/h1-8,13,21H,9H2,(H,20,22). The zero-order valence-electron chi connectivity index (χ0n) is 12.3. The Morgan fingerprint density at radius 2 is 2.08 bits per heavy atom. The van der Waals surface area contributed by atoms with Gasteiger partial charge in [-0.3, -0.25) is 4.79 Å². The lowest BCUT2D eigenvalue weighted by atomic mass is 10.2. The Bertz CT molecular complexity index is 848. The Morgan fingerprint density at radius 3 is 2.83 bits per heavy atom. The molecule has 3 aromatic rings. The van der Waals surface area contributed by atoms with Gasteiger partial charge < -0.3 is 10.4 Å². The van der Waals surface area contributed by atoms with Crippen molar-refractivity contribution in [3.8, 4) is 9.75 Å². The summed E-state index contributed by atoms with van der Waals surface area (Å²) in [6.07, 6.45) is -0.751. The third-order valence-corrected chi connectivity index (χ3v) is 6.42. The van der Waals surface area contributed by atoms with Crippen molar-refractivity contribution in [3.63, 3.8) is 0 Å². The number of halogens is 2. The normalized spacial score (nSPS) is 12.1. The zero-order valence-corrected chi connectivity index (χ0v) is 16.3. The number of hydrogen-bond acceptors (Lipinski definition) is 4. The van der Waals surface area contributed by atoms with Gasteiger partial charge in [0.1, 0.15) is 6.10 Å². The van der Waals surface area contributed by atoms with E-state index in [1.54, 1.807) is 29.5 Å². The molecule has 24 heavy (non-hydrogen) atoms. The maximum atomic E-state index is 12.2. The number of hydrogen-bond donors (Lipinski definition) is 2. The smallest absolute Gasteiger partial charge is 0.252 e. The first-order chi connectivity index (χ1) is 11.5. The van der Waals surface area contributed by atoms with Crippen molar-refractivity contribution < 1.29 is 9.90 Å². The van der Waals surface area contributed by atoms with E-state index in [2.05, 4.69) is 21.2 Å². The summed E-state index contributed by atoms with van der Waals surface area (Å²) in [5.74, 6) is -0.310. The summed E-state index contributed by atoms with van der Waals surface area (Å²) in [6.45, 7) is 0.131. The molecule has 2 heterocycles. The molecule has 0 aliphatic carbocycles. The monoisotopic (exact) mass is 441 g/mol. The second-order valence-corrected chi connectivity index (χ2v) is 8.42. The van der Waals surface area contributed by atoms with E-state index < -0.39 is 6.10 Å². The van der Waals surface area contributed by atoms with Crippen molar-refractivity contribution in [1.29, 1.82) is 0 Å². The van der Waals surface area contributed by atoms with Gasteiger partial charge in [0.25, 0.3) is 5.91 Å². The van der Waals surface area contributed by atoms with Gasteiger partial charge in [0.15, 0.2) is 0 Å². The van der Waals surface area contributed by atoms with Crippen LogP contribution in [0, 0.1) is 0 Å². The van der Waals surface area contributed by atoms with Gasteiger partial charge in [0.2, 0.25) is 0 Å². The van der Waals surface area contributed by atoms with Gasteiger partial charge in [0.05, 0.1) is 10.6 Å². The van der Waals surface area contributed by atoms with E-state index in [1.807, 2.05) is 29.6 Å². The SMILES string of the molecule is O=C(NCC(O)c1ccc(-c2cccs2)s1)c1cc(Br)ccc1Cl. The van der Waals surface area contributed by atoms with Crippen molar-refractivity contribution in [2.45, 2.75) is 6.10 Å². The molecule has 3 rings (SSSR count). The molecule has 0 bridgehead atoms. The van der Waals surface area contributed by atoms with Crippen LogP contribution < -0.4 is 5.32 Å². The molecule has 124 valence electrons. The summed E-state index contributed by atoms with van der Waals surface area (Å²) in [6, 6.07) is 13.0. The van der Waals surface area contributed by atoms with E-state index in [9.17, 15) is 9.90 Å². The van der Waals surface area contributed by atoms with Crippen LogP contribution in [0.25, 0.3) is 9.75 Å². The molecule has 0 aliphatic heterocycles. The highest BCUT2D eigenvalue weighted by molar-refractivity contribution is 9.10. The van der Waals surface area contributed by atoms with Gasteiger partial charge in [-0.25, -0.2) is 0 Å². The van der Waals surface area contributed by atoms with Crippen LogP contribution in [0.3, 0.4) is 0 Å². The quantitative estimate of drug-likeness (QED) is 0.559. The summed E-state index contributed by atoms with van der Waals surface area (Å²) >= 11 is 12.5. The Labute approximate surface area is 161 Å². The highest BCUT2D eigenvalue weighted by Crippen LogP contribution is 2.33. The molecular weight excluding hydrogens is 430 g/mol. The minimum atomic E-state index is -0.751. The van der Waals surface area contributed by atoms with Gasteiger partial charge >= 0.3 is 0 Å². The number of benzene rings is 1. The molecule has 1 atom stereocenters. The van der Waals surface area contributed by atoms with Crippen LogP contribution in [0.15, 0.2) is 52.3 Å². The fraction of sp³-hybridized carbons (Fsp3) is 0.118. The molecule has 3 nitrogen and oxygen atoms in total. The van der Waals surface area contributed by atoms with E-state index >= 15 is 0 Å². The summed E-state index contributed by atoms with van der Waals surface area (Å²) in [4.78, 5) is 15.3. The molecule has 7 heteroatoms. The van der Waals surface area contributed by atoms with Gasteiger partial charge in [0, 0.05) is 25.6 Å². The summed E-state index contributed by atoms with van der Waals surface area (Å²) < 4.78 is 0.774. The molecule has 0 saturated carbocycles. The number of nitrogens with one attached hydrogen (secondary N) is 1. The Hall–Kier alpha value is -1.18. The summed E-state index contributed by atoms with van der Waals surface area (Å²) in [5.41, 5.74) is 0.378. The van der Waals surface area contributed by atoms with Gasteiger partial charge in [-0.2, -0.15) is 0 Å². The molecule has 1 amide bonds. The van der Waals surface area contributed by atoms with Gasteiger partial charge in [-0.1, -0.05) is 33.6 Å². The topological polar surface area (TPSA) is 49.3 Å². The molecule has 0 fully saturated rings. The van der Waals surface area contributed by atoms with Crippen LogP contribution in [0.1, 0.15) is 21.3 Å².